The molecule has 0 atom stereocenters. The Kier molecular flexibility index (Phi) is 5.38. The van der Waals surface area contributed by atoms with Crippen molar-refractivity contribution >= 4 is 23.2 Å². The van der Waals surface area contributed by atoms with E-state index in [0.29, 0.717) is 19.1 Å². The van der Waals surface area contributed by atoms with Gasteiger partial charge in [0.05, 0.1) is 6.54 Å². The highest BCUT2D eigenvalue weighted by molar-refractivity contribution is 7.09. The van der Waals surface area contributed by atoms with E-state index in [2.05, 4.69) is 10.3 Å². The first-order valence-electron chi connectivity index (χ1n) is 7.90. The van der Waals surface area contributed by atoms with Crippen LogP contribution in [-0.2, 0) is 22.7 Å². The van der Waals surface area contributed by atoms with Gasteiger partial charge in [0.1, 0.15) is 0 Å². The number of hydrogen-bond acceptors (Lipinski definition) is 4. The van der Waals surface area contributed by atoms with Crippen molar-refractivity contribution in [3.63, 3.8) is 0 Å². The highest BCUT2D eigenvalue weighted by atomic mass is 32.1. The zero-order valence-corrected chi connectivity index (χ0v) is 14.0. The Morgan fingerprint density at radius 2 is 2.17 bits per heavy atom. The first kappa shape index (κ1) is 16.4. The summed E-state index contributed by atoms with van der Waals surface area (Å²) in [5.41, 5.74) is 0.919. The molecule has 2 heterocycles. The number of aromatic nitrogens is 1. The molecule has 0 spiro atoms. The van der Waals surface area contributed by atoms with E-state index in [0.717, 1.165) is 23.3 Å². The number of thiophene rings is 1. The maximum atomic E-state index is 12.4. The number of rotatable bonds is 7. The molecule has 5 nitrogen and oxygen atoms in total. The van der Waals surface area contributed by atoms with Crippen molar-refractivity contribution in [3.8, 4) is 0 Å². The van der Waals surface area contributed by atoms with E-state index in [4.69, 9.17) is 0 Å². The molecule has 3 rings (SSSR count). The Morgan fingerprint density at radius 1 is 1.29 bits per heavy atom. The SMILES string of the molecule is O=C(/C=C\C(=O)N(Cc1cccs1)C1CC1)NCc1cccnc1. The first-order chi connectivity index (χ1) is 11.7. The quantitative estimate of drug-likeness (QED) is 0.787. The smallest absolute Gasteiger partial charge is 0.247 e. The fourth-order valence-electron chi connectivity index (χ4n) is 2.34. The zero-order chi connectivity index (χ0) is 16.8. The molecular weight excluding hydrogens is 322 g/mol. The molecule has 0 unspecified atom stereocenters. The molecular formula is C18H19N3O2S. The van der Waals surface area contributed by atoms with Crippen LogP contribution in [0.2, 0.25) is 0 Å². The summed E-state index contributed by atoms with van der Waals surface area (Å²) in [6.45, 7) is 1.01. The van der Waals surface area contributed by atoms with Crippen LogP contribution in [-0.4, -0.2) is 27.7 Å². The fourth-order valence-corrected chi connectivity index (χ4v) is 3.04. The molecule has 0 aromatic carbocycles. The van der Waals surface area contributed by atoms with Crippen molar-refractivity contribution in [2.75, 3.05) is 0 Å². The number of pyridine rings is 1. The molecule has 0 saturated heterocycles. The summed E-state index contributed by atoms with van der Waals surface area (Å²) < 4.78 is 0. The lowest BCUT2D eigenvalue weighted by Crippen LogP contribution is -2.31. The summed E-state index contributed by atoms with van der Waals surface area (Å²) in [5.74, 6) is -0.387. The maximum Gasteiger partial charge on any atom is 0.247 e. The number of carbonyl (C=O) groups excluding carboxylic acids is 2. The average molecular weight is 341 g/mol. The molecule has 1 saturated carbocycles. The van der Waals surface area contributed by atoms with Crippen molar-refractivity contribution in [3.05, 3.63) is 64.6 Å². The molecule has 1 fully saturated rings. The highest BCUT2D eigenvalue weighted by Crippen LogP contribution is 2.29. The summed E-state index contributed by atoms with van der Waals surface area (Å²) in [7, 11) is 0. The van der Waals surface area contributed by atoms with Crippen LogP contribution in [0.1, 0.15) is 23.3 Å². The predicted octanol–water partition coefficient (Wildman–Crippen LogP) is 2.51. The summed E-state index contributed by atoms with van der Waals surface area (Å²) in [4.78, 5) is 31.2. The van der Waals surface area contributed by atoms with Gasteiger partial charge in [-0.15, -0.1) is 11.3 Å². The first-order valence-corrected chi connectivity index (χ1v) is 8.78. The van der Waals surface area contributed by atoms with Crippen LogP contribution in [0.5, 0.6) is 0 Å². The van der Waals surface area contributed by atoms with Crippen LogP contribution < -0.4 is 5.32 Å². The van der Waals surface area contributed by atoms with Gasteiger partial charge < -0.3 is 10.2 Å². The van der Waals surface area contributed by atoms with Crippen LogP contribution in [0.3, 0.4) is 0 Å². The topological polar surface area (TPSA) is 62.3 Å². The van der Waals surface area contributed by atoms with Crippen molar-refractivity contribution in [2.45, 2.75) is 32.0 Å². The third-order valence-electron chi connectivity index (χ3n) is 3.74. The molecule has 24 heavy (non-hydrogen) atoms. The van der Waals surface area contributed by atoms with Crippen molar-refractivity contribution in [1.82, 2.24) is 15.2 Å². The lowest BCUT2D eigenvalue weighted by atomic mass is 10.3. The van der Waals surface area contributed by atoms with Crippen LogP contribution in [0.15, 0.2) is 54.2 Å². The monoisotopic (exact) mass is 341 g/mol. The molecule has 0 radical (unpaired) electrons. The van der Waals surface area contributed by atoms with Crippen LogP contribution in [0.25, 0.3) is 0 Å². The van der Waals surface area contributed by atoms with Gasteiger partial charge in [-0.05, 0) is 35.9 Å². The minimum atomic E-state index is -0.279. The third-order valence-corrected chi connectivity index (χ3v) is 4.60. The van der Waals surface area contributed by atoms with E-state index in [-0.39, 0.29) is 11.8 Å². The maximum absolute atomic E-state index is 12.4. The summed E-state index contributed by atoms with van der Waals surface area (Å²) in [6, 6.07) is 8.02. The minimum Gasteiger partial charge on any atom is -0.348 e. The van der Waals surface area contributed by atoms with Crippen molar-refractivity contribution in [1.29, 1.82) is 0 Å². The number of carbonyl (C=O) groups is 2. The fraction of sp³-hybridized carbons (Fsp3) is 0.278. The molecule has 124 valence electrons. The second kappa shape index (κ2) is 7.88. The van der Waals surface area contributed by atoms with Crippen LogP contribution >= 0.6 is 11.3 Å². The molecule has 0 bridgehead atoms. The van der Waals surface area contributed by atoms with Crippen molar-refractivity contribution < 1.29 is 9.59 Å². The lowest BCUT2D eigenvalue weighted by Gasteiger charge is -2.19. The minimum absolute atomic E-state index is 0.109. The van der Waals surface area contributed by atoms with Gasteiger partial charge in [0.15, 0.2) is 0 Å². The van der Waals surface area contributed by atoms with Crippen molar-refractivity contribution in [2.24, 2.45) is 0 Å². The Labute approximate surface area is 145 Å². The van der Waals surface area contributed by atoms with E-state index >= 15 is 0 Å². The highest BCUT2D eigenvalue weighted by Gasteiger charge is 2.31. The lowest BCUT2D eigenvalue weighted by molar-refractivity contribution is -0.127. The molecule has 1 N–H and O–H groups in total. The van der Waals surface area contributed by atoms with Gasteiger partial charge in [-0.1, -0.05) is 12.1 Å². The average Bonchev–Trinajstić information content (AvgIpc) is 3.32. The van der Waals surface area contributed by atoms with Gasteiger partial charge in [0, 0.05) is 42.0 Å². The number of nitrogens with zero attached hydrogens (tertiary/aromatic N) is 2. The van der Waals surface area contributed by atoms with Crippen LogP contribution in [0.4, 0.5) is 0 Å². The Morgan fingerprint density at radius 3 is 2.83 bits per heavy atom. The molecule has 0 aliphatic heterocycles. The molecule has 2 aromatic rings. The van der Waals surface area contributed by atoms with E-state index in [1.165, 1.54) is 12.2 Å². The number of nitrogens with one attached hydrogen (secondary N) is 1. The molecule has 1 aliphatic carbocycles. The Hall–Kier alpha value is -2.47. The molecule has 6 heteroatoms. The second-order valence-electron chi connectivity index (χ2n) is 5.69. The molecule has 2 amide bonds. The van der Waals surface area contributed by atoms with E-state index in [1.807, 2.05) is 34.5 Å². The number of amides is 2. The standard InChI is InChI=1S/C18H19N3O2S/c22-17(20-12-14-3-1-9-19-11-14)7-8-18(23)21(15-5-6-15)13-16-4-2-10-24-16/h1-4,7-11,15H,5-6,12-13H2,(H,20,22)/b8-7-. The van der Waals surface area contributed by atoms with Gasteiger partial charge in [0.25, 0.3) is 0 Å². The summed E-state index contributed by atoms with van der Waals surface area (Å²) in [5, 5.41) is 4.76. The number of hydrogen-bond donors (Lipinski definition) is 1. The molecule has 2 aromatic heterocycles. The Bertz CT molecular complexity index is 709. The zero-order valence-electron chi connectivity index (χ0n) is 13.2. The normalized spacial score (nSPS) is 13.8. The van der Waals surface area contributed by atoms with Gasteiger partial charge in [-0.2, -0.15) is 0 Å². The van der Waals surface area contributed by atoms with E-state index in [9.17, 15) is 9.59 Å². The van der Waals surface area contributed by atoms with Crippen LogP contribution in [0, 0.1) is 0 Å². The van der Waals surface area contributed by atoms with E-state index in [1.54, 1.807) is 23.7 Å². The van der Waals surface area contributed by atoms with Gasteiger partial charge in [-0.25, -0.2) is 0 Å². The summed E-state index contributed by atoms with van der Waals surface area (Å²) >= 11 is 1.64. The predicted molar refractivity (Wildman–Crippen MR) is 93.1 cm³/mol. The van der Waals surface area contributed by atoms with E-state index < -0.39 is 0 Å². The van der Waals surface area contributed by atoms with Gasteiger partial charge in [-0.3, -0.25) is 14.6 Å². The Balaban J connectivity index is 1.52. The summed E-state index contributed by atoms with van der Waals surface area (Å²) in [6.07, 6.45) is 8.14. The van der Waals surface area contributed by atoms with Gasteiger partial charge in [0.2, 0.25) is 11.8 Å². The second-order valence-corrected chi connectivity index (χ2v) is 6.72. The largest absolute Gasteiger partial charge is 0.348 e. The third kappa shape index (κ3) is 4.76. The molecule has 1 aliphatic rings. The van der Waals surface area contributed by atoms with Gasteiger partial charge >= 0.3 is 0 Å².